The first-order valence-electron chi connectivity index (χ1n) is 11.7. The molecule has 0 saturated heterocycles. The summed E-state index contributed by atoms with van der Waals surface area (Å²) in [5.41, 5.74) is 1.77. The standard InChI is InChI=1S/C27H40O8/c1-26(2,3)18-7-9-24(22(30)11-18)34-15-20(28)13-32-17-33-14-21(29)16-35-25-10-8-19(12-23(25)31)27(4,5)6/h7-12,20-21,28-31H,13-17H2,1-6H3. The fraction of sp³-hybridized carbons (Fsp3) is 0.556. The van der Waals surface area contributed by atoms with Crippen LogP contribution in [0.5, 0.6) is 23.0 Å². The van der Waals surface area contributed by atoms with Crippen LogP contribution >= 0.6 is 0 Å². The molecule has 8 nitrogen and oxygen atoms in total. The molecule has 0 aliphatic rings. The fourth-order valence-corrected chi connectivity index (χ4v) is 3.11. The molecule has 0 fully saturated rings. The average Bonchev–Trinajstić information content (AvgIpc) is 2.75. The Bertz CT molecular complexity index is 854. The van der Waals surface area contributed by atoms with E-state index in [9.17, 15) is 20.4 Å². The molecule has 0 aliphatic carbocycles. The van der Waals surface area contributed by atoms with Gasteiger partial charge in [-0.2, -0.15) is 0 Å². The van der Waals surface area contributed by atoms with E-state index in [0.717, 1.165) is 11.1 Å². The minimum Gasteiger partial charge on any atom is -0.504 e. The molecule has 0 aromatic heterocycles. The van der Waals surface area contributed by atoms with Gasteiger partial charge in [0.2, 0.25) is 0 Å². The number of hydrogen-bond acceptors (Lipinski definition) is 8. The van der Waals surface area contributed by atoms with Gasteiger partial charge in [0.1, 0.15) is 32.2 Å². The molecule has 2 unspecified atom stereocenters. The molecule has 0 spiro atoms. The maximum atomic E-state index is 10.1. The number of phenols is 2. The van der Waals surface area contributed by atoms with E-state index in [2.05, 4.69) is 0 Å². The topological polar surface area (TPSA) is 118 Å². The normalized spacial score (nSPS) is 13.9. The van der Waals surface area contributed by atoms with Gasteiger partial charge in [-0.3, -0.25) is 0 Å². The lowest BCUT2D eigenvalue weighted by Gasteiger charge is -2.20. The van der Waals surface area contributed by atoms with Gasteiger partial charge in [-0.25, -0.2) is 0 Å². The molecule has 8 heteroatoms. The van der Waals surface area contributed by atoms with E-state index in [1.807, 2.05) is 53.7 Å². The van der Waals surface area contributed by atoms with Gasteiger partial charge in [0.15, 0.2) is 23.0 Å². The Morgan fingerprint density at radius 2 is 1.00 bits per heavy atom. The zero-order valence-electron chi connectivity index (χ0n) is 21.6. The summed E-state index contributed by atoms with van der Waals surface area (Å²) in [4.78, 5) is 0. The van der Waals surface area contributed by atoms with Gasteiger partial charge < -0.3 is 39.4 Å². The molecule has 2 rings (SSSR count). The maximum Gasteiger partial charge on any atom is 0.161 e. The number of aliphatic hydroxyl groups is 2. The number of aliphatic hydroxyl groups excluding tert-OH is 2. The molecule has 4 N–H and O–H groups in total. The molecule has 2 atom stereocenters. The van der Waals surface area contributed by atoms with E-state index < -0.39 is 12.2 Å². The zero-order chi connectivity index (χ0) is 26.2. The summed E-state index contributed by atoms with van der Waals surface area (Å²) in [7, 11) is 0. The molecule has 0 radical (unpaired) electrons. The molecule has 0 aliphatic heterocycles. The number of hydrogen-bond donors (Lipinski definition) is 4. The van der Waals surface area contributed by atoms with Crippen molar-refractivity contribution in [1.82, 2.24) is 0 Å². The monoisotopic (exact) mass is 492 g/mol. The van der Waals surface area contributed by atoms with Crippen molar-refractivity contribution in [3.63, 3.8) is 0 Å². The first-order valence-corrected chi connectivity index (χ1v) is 11.7. The van der Waals surface area contributed by atoms with Crippen LogP contribution in [-0.4, -0.2) is 65.9 Å². The Hall–Kier alpha value is -2.52. The third kappa shape index (κ3) is 9.57. The number of rotatable bonds is 12. The molecule has 196 valence electrons. The SMILES string of the molecule is CC(C)(C)c1ccc(OCC(O)COCOCC(O)COc2ccc(C(C)(C)C)cc2O)c(O)c1. The van der Waals surface area contributed by atoms with Gasteiger partial charge in [-0.1, -0.05) is 53.7 Å². The van der Waals surface area contributed by atoms with Crippen molar-refractivity contribution >= 4 is 0 Å². The van der Waals surface area contributed by atoms with E-state index in [0.29, 0.717) is 0 Å². The summed E-state index contributed by atoms with van der Waals surface area (Å²) in [6.07, 6.45) is -1.85. The fourth-order valence-electron chi connectivity index (χ4n) is 3.11. The average molecular weight is 493 g/mol. The highest BCUT2D eigenvalue weighted by Crippen LogP contribution is 2.33. The van der Waals surface area contributed by atoms with Gasteiger partial charge in [-0.15, -0.1) is 0 Å². The third-order valence-electron chi connectivity index (χ3n) is 5.30. The molecule has 0 saturated carbocycles. The summed E-state index contributed by atoms with van der Waals surface area (Å²) in [6, 6.07) is 10.4. The Morgan fingerprint density at radius 1 is 0.629 bits per heavy atom. The Morgan fingerprint density at radius 3 is 1.31 bits per heavy atom. The van der Waals surface area contributed by atoms with Crippen LogP contribution in [0.3, 0.4) is 0 Å². The van der Waals surface area contributed by atoms with Crippen LogP contribution in [0.15, 0.2) is 36.4 Å². The van der Waals surface area contributed by atoms with Crippen molar-refractivity contribution in [3.05, 3.63) is 47.5 Å². The second-order valence-corrected chi connectivity index (χ2v) is 10.7. The predicted molar refractivity (Wildman–Crippen MR) is 133 cm³/mol. The third-order valence-corrected chi connectivity index (χ3v) is 5.30. The molecule has 35 heavy (non-hydrogen) atoms. The van der Waals surface area contributed by atoms with Crippen molar-refractivity contribution in [2.45, 2.75) is 64.6 Å². The smallest absolute Gasteiger partial charge is 0.161 e. The second kappa shape index (κ2) is 12.4. The van der Waals surface area contributed by atoms with E-state index in [1.54, 1.807) is 24.3 Å². The highest BCUT2D eigenvalue weighted by Gasteiger charge is 2.18. The molecule has 0 heterocycles. The van der Waals surface area contributed by atoms with Crippen LogP contribution < -0.4 is 9.47 Å². The van der Waals surface area contributed by atoms with Crippen LogP contribution in [0.25, 0.3) is 0 Å². The molecular weight excluding hydrogens is 452 g/mol. The maximum absolute atomic E-state index is 10.1. The summed E-state index contributed by atoms with van der Waals surface area (Å²) < 4.78 is 21.4. The van der Waals surface area contributed by atoms with E-state index in [1.165, 1.54) is 0 Å². The van der Waals surface area contributed by atoms with E-state index in [4.69, 9.17) is 18.9 Å². The summed E-state index contributed by atoms with van der Waals surface area (Å²) >= 11 is 0. The zero-order valence-corrected chi connectivity index (χ0v) is 21.6. The van der Waals surface area contributed by atoms with Crippen molar-refractivity contribution in [2.24, 2.45) is 0 Å². The Kier molecular flexibility index (Phi) is 10.2. The summed E-state index contributed by atoms with van der Waals surface area (Å²) in [6.45, 7) is 12.0. The van der Waals surface area contributed by atoms with Gasteiger partial charge in [-0.05, 0) is 46.2 Å². The van der Waals surface area contributed by atoms with Crippen LogP contribution in [0.1, 0.15) is 52.7 Å². The largest absolute Gasteiger partial charge is 0.504 e. The quantitative estimate of drug-likeness (QED) is 0.261. The van der Waals surface area contributed by atoms with Crippen molar-refractivity contribution in [1.29, 1.82) is 0 Å². The lowest BCUT2D eigenvalue weighted by atomic mass is 9.87. The van der Waals surface area contributed by atoms with Crippen molar-refractivity contribution < 1.29 is 39.4 Å². The molecule has 2 aromatic rings. The van der Waals surface area contributed by atoms with Gasteiger partial charge in [0.25, 0.3) is 0 Å². The van der Waals surface area contributed by atoms with Crippen LogP contribution in [0.4, 0.5) is 0 Å². The van der Waals surface area contributed by atoms with Gasteiger partial charge in [0, 0.05) is 0 Å². The second-order valence-electron chi connectivity index (χ2n) is 10.7. The first-order chi connectivity index (χ1) is 16.3. The van der Waals surface area contributed by atoms with Crippen LogP contribution in [0.2, 0.25) is 0 Å². The molecular formula is C27H40O8. The van der Waals surface area contributed by atoms with Crippen LogP contribution in [0, 0.1) is 0 Å². The van der Waals surface area contributed by atoms with E-state index >= 15 is 0 Å². The minimum absolute atomic E-state index is 0.0172. The van der Waals surface area contributed by atoms with Crippen LogP contribution in [-0.2, 0) is 20.3 Å². The lowest BCUT2D eigenvalue weighted by molar-refractivity contribution is -0.104. The molecule has 0 bridgehead atoms. The molecule has 2 aromatic carbocycles. The van der Waals surface area contributed by atoms with Gasteiger partial charge >= 0.3 is 0 Å². The first kappa shape index (κ1) is 28.7. The number of ether oxygens (including phenoxy) is 4. The number of phenolic OH excluding ortho intramolecular Hbond substituents is 2. The highest BCUT2D eigenvalue weighted by atomic mass is 16.7. The minimum atomic E-state index is -0.924. The number of benzene rings is 2. The predicted octanol–water partition coefficient (Wildman–Crippen LogP) is 3.86. The highest BCUT2D eigenvalue weighted by molar-refractivity contribution is 5.44. The molecule has 0 amide bonds. The van der Waals surface area contributed by atoms with E-state index in [-0.39, 0.29) is 67.0 Å². The summed E-state index contributed by atoms with van der Waals surface area (Å²) in [5.74, 6) is 0.609. The number of aromatic hydroxyl groups is 2. The van der Waals surface area contributed by atoms with Crippen molar-refractivity contribution in [3.8, 4) is 23.0 Å². The summed E-state index contributed by atoms with van der Waals surface area (Å²) in [5, 5.41) is 40.3. The lowest BCUT2D eigenvalue weighted by Crippen LogP contribution is -2.26. The van der Waals surface area contributed by atoms with Gasteiger partial charge in [0.05, 0.1) is 13.2 Å². The Labute approximate surface area is 208 Å². The van der Waals surface area contributed by atoms with Crippen molar-refractivity contribution in [2.75, 3.05) is 33.2 Å². The Balaban J connectivity index is 1.62.